The fraction of sp³-hybridized carbons (Fsp3) is 0.667. The molecule has 0 amide bonds. The summed E-state index contributed by atoms with van der Waals surface area (Å²) < 4.78 is 13.8. The highest BCUT2D eigenvalue weighted by atomic mass is 19.1. The van der Waals surface area contributed by atoms with E-state index in [1.807, 2.05) is 26.0 Å². The molecule has 0 saturated carbocycles. The van der Waals surface area contributed by atoms with Gasteiger partial charge in [-0.25, -0.2) is 4.39 Å². The largest absolute Gasteiger partial charge is 0.311 e. The first-order valence-corrected chi connectivity index (χ1v) is 8.28. The van der Waals surface area contributed by atoms with Gasteiger partial charge < -0.3 is 5.32 Å². The Kier molecular flexibility index (Phi) is 5.77. The van der Waals surface area contributed by atoms with Crippen LogP contribution in [-0.4, -0.2) is 30.1 Å². The summed E-state index contributed by atoms with van der Waals surface area (Å²) in [4.78, 5) is 2.57. The van der Waals surface area contributed by atoms with Gasteiger partial charge in [0.2, 0.25) is 0 Å². The fourth-order valence-electron chi connectivity index (χ4n) is 3.43. The van der Waals surface area contributed by atoms with Crippen LogP contribution in [-0.2, 0) is 6.54 Å². The predicted octanol–water partition coefficient (Wildman–Crippen LogP) is 3.80. The van der Waals surface area contributed by atoms with E-state index in [0.717, 1.165) is 37.2 Å². The Morgan fingerprint density at radius 3 is 2.48 bits per heavy atom. The molecule has 1 aromatic rings. The lowest BCUT2D eigenvalue weighted by molar-refractivity contribution is 0.115. The highest BCUT2D eigenvalue weighted by Crippen LogP contribution is 2.20. The summed E-state index contributed by atoms with van der Waals surface area (Å²) in [5, 5.41) is 3.67. The van der Waals surface area contributed by atoms with Gasteiger partial charge in [0.25, 0.3) is 0 Å². The summed E-state index contributed by atoms with van der Waals surface area (Å²) in [5.74, 6) is -0.0602. The number of benzene rings is 1. The van der Waals surface area contributed by atoms with Crippen LogP contribution in [0.4, 0.5) is 4.39 Å². The third-order valence-electron chi connectivity index (χ3n) is 4.60. The molecule has 0 aromatic heterocycles. The molecule has 1 N–H and O–H groups in total. The van der Waals surface area contributed by atoms with Crippen molar-refractivity contribution in [2.45, 2.75) is 65.6 Å². The van der Waals surface area contributed by atoms with Crippen LogP contribution in [0, 0.1) is 19.7 Å². The lowest BCUT2D eigenvalue weighted by Crippen LogP contribution is -2.55. The zero-order valence-electron chi connectivity index (χ0n) is 13.9. The molecule has 0 aliphatic carbocycles. The lowest BCUT2D eigenvalue weighted by atomic mass is 10.0. The van der Waals surface area contributed by atoms with Gasteiger partial charge in [-0.1, -0.05) is 32.4 Å². The van der Waals surface area contributed by atoms with Crippen LogP contribution in [0.25, 0.3) is 0 Å². The number of hydrogen-bond donors (Lipinski definition) is 1. The molecule has 3 heteroatoms. The first-order valence-electron chi connectivity index (χ1n) is 8.28. The normalized spacial score (nSPS) is 23.5. The molecule has 118 valence electrons. The predicted molar refractivity (Wildman–Crippen MR) is 87.1 cm³/mol. The maximum absolute atomic E-state index is 13.8. The molecule has 1 aliphatic heterocycles. The number of aryl methyl sites for hydroxylation is 2. The summed E-state index contributed by atoms with van der Waals surface area (Å²) in [6.07, 6.45) is 3.61. The quantitative estimate of drug-likeness (QED) is 0.888. The monoisotopic (exact) mass is 292 g/mol. The zero-order chi connectivity index (χ0) is 15.4. The van der Waals surface area contributed by atoms with Crippen molar-refractivity contribution in [2.75, 3.05) is 13.1 Å². The Bertz CT molecular complexity index is 449. The van der Waals surface area contributed by atoms with E-state index in [4.69, 9.17) is 0 Å². The van der Waals surface area contributed by atoms with Crippen LogP contribution in [0.1, 0.15) is 49.8 Å². The average Bonchev–Trinajstić information content (AvgIpc) is 2.45. The summed E-state index contributed by atoms with van der Waals surface area (Å²) in [5.41, 5.74) is 2.76. The molecule has 0 spiro atoms. The van der Waals surface area contributed by atoms with E-state index < -0.39 is 0 Å². The summed E-state index contributed by atoms with van der Waals surface area (Å²) in [6.45, 7) is 11.3. The highest BCUT2D eigenvalue weighted by Gasteiger charge is 2.26. The second-order valence-corrected chi connectivity index (χ2v) is 6.43. The molecule has 1 aromatic carbocycles. The molecule has 0 radical (unpaired) electrons. The van der Waals surface area contributed by atoms with Crippen molar-refractivity contribution < 1.29 is 4.39 Å². The summed E-state index contributed by atoms with van der Waals surface area (Å²) in [6, 6.07) is 5.20. The van der Waals surface area contributed by atoms with Gasteiger partial charge in [0.15, 0.2) is 0 Å². The van der Waals surface area contributed by atoms with Gasteiger partial charge in [-0.15, -0.1) is 0 Å². The van der Waals surface area contributed by atoms with E-state index in [1.165, 1.54) is 18.4 Å². The van der Waals surface area contributed by atoms with Crippen molar-refractivity contribution >= 4 is 0 Å². The van der Waals surface area contributed by atoms with Crippen LogP contribution < -0.4 is 5.32 Å². The number of rotatable bonds is 5. The van der Waals surface area contributed by atoms with Crippen LogP contribution in [0.2, 0.25) is 0 Å². The number of piperazine rings is 1. The van der Waals surface area contributed by atoms with E-state index in [9.17, 15) is 4.39 Å². The summed E-state index contributed by atoms with van der Waals surface area (Å²) >= 11 is 0. The molecule has 2 unspecified atom stereocenters. The van der Waals surface area contributed by atoms with E-state index in [2.05, 4.69) is 24.1 Å². The van der Waals surface area contributed by atoms with Crippen molar-refractivity contribution in [1.29, 1.82) is 0 Å². The average molecular weight is 292 g/mol. The Hall–Kier alpha value is -0.930. The highest BCUT2D eigenvalue weighted by molar-refractivity contribution is 5.30. The van der Waals surface area contributed by atoms with Crippen molar-refractivity contribution in [3.8, 4) is 0 Å². The standard InChI is InChI=1S/C18H29FN2/c1-5-7-16-12-21(17(6-2)10-20-16)11-15-8-13(3)18(19)14(4)9-15/h8-9,16-17,20H,5-7,10-12H2,1-4H3. The molecule has 1 aliphatic rings. The van der Waals surface area contributed by atoms with Gasteiger partial charge >= 0.3 is 0 Å². The number of nitrogens with zero attached hydrogens (tertiary/aromatic N) is 1. The number of nitrogens with one attached hydrogen (secondary N) is 1. The van der Waals surface area contributed by atoms with Crippen molar-refractivity contribution in [3.63, 3.8) is 0 Å². The molecule has 0 bridgehead atoms. The maximum Gasteiger partial charge on any atom is 0.129 e. The fourth-order valence-corrected chi connectivity index (χ4v) is 3.43. The first-order chi connectivity index (χ1) is 10.0. The second kappa shape index (κ2) is 7.37. The second-order valence-electron chi connectivity index (χ2n) is 6.43. The van der Waals surface area contributed by atoms with E-state index in [-0.39, 0.29) is 5.82 Å². The molecule has 2 nitrogen and oxygen atoms in total. The van der Waals surface area contributed by atoms with E-state index in [0.29, 0.717) is 12.1 Å². The Morgan fingerprint density at radius 2 is 1.90 bits per heavy atom. The van der Waals surface area contributed by atoms with Crippen molar-refractivity contribution in [2.24, 2.45) is 0 Å². The molecule has 2 rings (SSSR count). The van der Waals surface area contributed by atoms with Gasteiger partial charge in [-0.05, 0) is 43.4 Å². The third kappa shape index (κ3) is 4.04. The van der Waals surface area contributed by atoms with E-state index in [1.54, 1.807) is 0 Å². The SMILES string of the molecule is CCCC1CN(Cc2cc(C)c(F)c(C)c2)C(CC)CN1. The van der Waals surface area contributed by atoms with Crippen LogP contribution in [0.5, 0.6) is 0 Å². The van der Waals surface area contributed by atoms with Gasteiger partial charge in [0, 0.05) is 31.7 Å². The van der Waals surface area contributed by atoms with Gasteiger partial charge in [0.1, 0.15) is 5.82 Å². The number of halogens is 1. The van der Waals surface area contributed by atoms with E-state index >= 15 is 0 Å². The van der Waals surface area contributed by atoms with Crippen LogP contribution >= 0.6 is 0 Å². The lowest BCUT2D eigenvalue weighted by Gasteiger charge is -2.40. The van der Waals surface area contributed by atoms with Crippen LogP contribution in [0.3, 0.4) is 0 Å². The topological polar surface area (TPSA) is 15.3 Å². The maximum atomic E-state index is 13.8. The van der Waals surface area contributed by atoms with Crippen molar-refractivity contribution in [1.82, 2.24) is 10.2 Å². The van der Waals surface area contributed by atoms with Gasteiger partial charge in [-0.2, -0.15) is 0 Å². The molecule has 1 fully saturated rings. The Labute approximate surface area is 128 Å². The van der Waals surface area contributed by atoms with Crippen LogP contribution in [0.15, 0.2) is 12.1 Å². The molecule has 1 saturated heterocycles. The summed E-state index contributed by atoms with van der Waals surface area (Å²) in [7, 11) is 0. The van der Waals surface area contributed by atoms with Gasteiger partial charge in [0.05, 0.1) is 0 Å². The van der Waals surface area contributed by atoms with Gasteiger partial charge in [-0.3, -0.25) is 4.90 Å². The minimum Gasteiger partial charge on any atom is -0.311 e. The Morgan fingerprint density at radius 1 is 1.24 bits per heavy atom. The molecule has 1 heterocycles. The minimum absolute atomic E-state index is 0.0602. The molecular formula is C18H29FN2. The van der Waals surface area contributed by atoms with Crippen molar-refractivity contribution in [3.05, 3.63) is 34.6 Å². The molecule has 21 heavy (non-hydrogen) atoms. The third-order valence-corrected chi connectivity index (χ3v) is 4.60. The zero-order valence-corrected chi connectivity index (χ0v) is 13.9. The number of hydrogen-bond acceptors (Lipinski definition) is 2. The molecular weight excluding hydrogens is 263 g/mol. The molecule has 2 atom stereocenters. The minimum atomic E-state index is -0.0602. The Balaban J connectivity index is 2.11. The smallest absolute Gasteiger partial charge is 0.129 e. The first kappa shape index (κ1) is 16.4.